The molecule has 0 aliphatic heterocycles. The van der Waals surface area contributed by atoms with Crippen LogP contribution in [-0.4, -0.2) is 36.1 Å². The summed E-state index contributed by atoms with van der Waals surface area (Å²) < 4.78 is 6.16. The number of hydrogen-bond donors (Lipinski definition) is 2. The Morgan fingerprint density at radius 2 is 1.46 bits per heavy atom. The third-order valence-corrected chi connectivity index (χ3v) is 8.49. The maximum Gasteiger partial charge on any atom is 0.326 e. The predicted octanol–water partition coefficient (Wildman–Crippen LogP) is 7.60. The number of anilines is 2. The van der Waals surface area contributed by atoms with Gasteiger partial charge in [-0.3, -0.25) is 4.79 Å². The zero-order chi connectivity index (χ0) is 31.7. The number of carboxylic acid groups (broad SMARTS) is 1. The van der Waals surface area contributed by atoms with Gasteiger partial charge >= 0.3 is 5.97 Å². The molecule has 6 nitrogen and oxygen atoms in total. The molecule has 5 aromatic carbocycles. The van der Waals surface area contributed by atoms with Gasteiger partial charge in [-0.25, -0.2) is 4.79 Å². The number of nitrogens with one attached hydrogen (secondary N) is 1. The largest absolute Gasteiger partial charge is 0.492 e. The topological polar surface area (TPSA) is 78.9 Å². The highest BCUT2D eigenvalue weighted by atomic mass is 16.5. The van der Waals surface area contributed by atoms with E-state index in [4.69, 9.17) is 4.74 Å². The number of benzene rings is 5. The van der Waals surface area contributed by atoms with E-state index in [2.05, 4.69) is 52.7 Å². The van der Waals surface area contributed by atoms with Crippen molar-refractivity contribution in [2.24, 2.45) is 0 Å². The van der Waals surface area contributed by atoms with Crippen molar-refractivity contribution in [1.29, 1.82) is 0 Å². The lowest BCUT2D eigenvalue weighted by molar-refractivity contribution is -0.137. The average molecular weight is 611 g/mol. The predicted molar refractivity (Wildman–Crippen MR) is 183 cm³/mol. The summed E-state index contributed by atoms with van der Waals surface area (Å²) in [6.07, 6.45) is 3.77. The number of ketones is 1. The Morgan fingerprint density at radius 3 is 2.22 bits per heavy atom. The maximum absolute atomic E-state index is 13.2. The molecule has 0 fully saturated rings. The lowest BCUT2D eigenvalue weighted by Crippen LogP contribution is -2.32. The third kappa shape index (κ3) is 7.64. The van der Waals surface area contributed by atoms with Gasteiger partial charge in [-0.1, -0.05) is 91.0 Å². The molecule has 0 saturated carbocycles. The Kier molecular flexibility index (Phi) is 9.74. The van der Waals surface area contributed by atoms with Crippen molar-refractivity contribution in [3.8, 4) is 5.75 Å². The first kappa shape index (κ1) is 30.7. The monoisotopic (exact) mass is 610 g/mol. The number of fused-ring (bicyclic) bond motifs is 1. The van der Waals surface area contributed by atoms with Crippen LogP contribution in [0.2, 0.25) is 0 Å². The van der Waals surface area contributed by atoms with Gasteiger partial charge in [0.05, 0.1) is 6.54 Å². The Hall–Kier alpha value is -5.36. The van der Waals surface area contributed by atoms with Crippen molar-refractivity contribution in [3.63, 3.8) is 0 Å². The van der Waals surface area contributed by atoms with Crippen molar-refractivity contribution in [3.05, 3.63) is 161 Å². The molecular formula is C40H38N2O4. The van der Waals surface area contributed by atoms with Crippen molar-refractivity contribution in [2.45, 2.75) is 38.3 Å². The van der Waals surface area contributed by atoms with E-state index in [1.165, 1.54) is 28.8 Å². The van der Waals surface area contributed by atoms with Gasteiger partial charge in [0.15, 0.2) is 5.78 Å². The summed E-state index contributed by atoms with van der Waals surface area (Å²) in [5.74, 6) is -0.420. The van der Waals surface area contributed by atoms with Crippen LogP contribution in [0, 0.1) is 0 Å². The Balaban J connectivity index is 1.09. The van der Waals surface area contributed by atoms with Crippen LogP contribution in [0.3, 0.4) is 0 Å². The third-order valence-electron chi connectivity index (χ3n) is 8.49. The standard InChI is InChI=1S/C40H38N2O4/c43-39(32-12-5-2-6-13-32)36-16-7-8-17-37(36)41-38(40(44)45)26-29-18-22-35(23-19-29)46-25-24-42(28-30-10-3-1-4-11-30)34-21-20-31-14-9-15-33(31)27-34/h1-8,10-13,16-23,27,38,41H,9,14-15,24-26,28H2,(H,44,45)/t38-/m0/s1. The van der Waals surface area contributed by atoms with Crippen LogP contribution in [-0.2, 0) is 30.6 Å². The Labute approximate surface area is 270 Å². The number of nitrogens with zero attached hydrogens (tertiary/aromatic N) is 1. The molecule has 1 aliphatic rings. The summed E-state index contributed by atoms with van der Waals surface area (Å²) in [5, 5.41) is 13.1. The SMILES string of the molecule is O=C(c1ccccc1)c1ccccc1N[C@@H](Cc1ccc(OCCN(Cc2ccccc2)c2ccc3c(c2)CCC3)cc1)C(=O)O. The van der Waals surface area contributed by atoms with E-state index in [9.17, 15) is 14.7 Å². The highest BCUT2D eigenvalue weighted by molar-refractivity contribution is 6.12. The molecule has 0 saturated heterocycles. The van der Waals surface area contributed by atoms with Gasteiger partial charge in [0.2, 0.25) is 0 Å². The molecule has 2 N–H and O–H groups in total. The Morgan fingerprint density at radius 1 is 0.761 bits per heavy atom. The summed E-state index contributed by atoms with van der Waals surface area (Å²) >= 11 is 0. The van der Waals surface area contributed by atoms with Crippen molar-refractivity contribution in [2.75, 3.05) is 23.4 Å². The molecule has 6 heteroatoms. The molecule has 0 amide bonds. The molecule has 1 atom stereocenters. The fourth-order valence-electron chi connectivity index (χ4n) is 6.03. The van der Waals surface area contributed by atoms with E-state index >= 15 is 0 Å². The highest BCUT2D eigenvalue weighted by Crippen LogP contribution is 2.28. The van der Waals surface area contributed by atoms with Gasteiger partial charge in [0.1, 0.15) is 18.4 Å². The van der Waals surface area contributed by atoms with E-state index in [1.54, 1.807) is 36.4 Å². The van der Waals surface area contributed by atoms with Gasteiger partial charge in [-0.05, 0) is 77.9 Å². The van der Waals surface area contributed by atoms with Gasteiger partial charge in [-0.2, -0.15) is 0 Å². The van der Waals surface area contributed by atoms with Crippen LogP contribution in [0.25, 0.3) is 0 Å². The molecule has 6 rings (SSSR count). The average Bonchev–Trinajstić information content (AvgIpc) is 3.57. The second kappa shape index (κ2) is 14.6. The summed E-state index contributed by atoms with van der Waals surface area (Å²) in [7, 11) is 0. The van der Waals surface area contributed by atoms with Gasteiger partial charge in [0.25, 0.3) is 0 Å². The van der Waals surface area contributed by atoms with E-state index in [0.29, 0.717) is 23.4 Å². The van der Waals surface area contributed by atoms with Gasteiger partial charge < -0.3 is 20.1 Å². The number of carboxylic acids is 1. The van der Waals surface area contributed by atoms with Crippen LogP contribution >= 0.6 is 0 Å². The quantitative estimate of drug-likeness (QED) is 0.126. The molecule has 46 heavy (non-hydrogen) atoms. The molecule has 232 valence electrons. The molecule has 0 aromatic heterocycles. The zero-order valence-corrected chi connectivity index (χ0v) is 25.8. The molecular weight excluding hydrogens is 572 g/mol. The number of rotatable bonds is 14. The van der Waals surface area contributed by atoms with Crippen molar-refractivity contribution in [1.82, 2.24) is 0 Å². The second-order valence-corrected chi connectivity index (χ2v) is 11.7. The molecule has 0 spiro atoms. The first-order valence-electron chi connectivity index (χ1n) is 15.8. The van der Waals surface area contributed by atoms with E-state index in [0.717, 1.165) is 37.2 Å². The summed E-state index contributed by atoms with van der Waals surface area (Å²) in [5.41, 5.74) is 7.70. The van der Waals surface area contributed by atoms with E-state index in [-0.39, 0.29) is 12.2 Å². The van der Waals surface area contributed by atoms with Crippen LogP contribution in [0.4, 0.5) is 11.4 Å². The fourth-order valence-corrected chi connectivity index (χ4v) is 6.03. The second-order valence-electron chi connectivity index (χ2n) is 11.7. The van der Waals surface area contributed by atoms with Crippen LogP contribution in [0.5, 0.6) is 5.75 Å². The van der Waals surface area contributed by atoms with Crippen LogP contribution in [0.1, 0.15) is 44.6 Å². The Bertz CT molecular complexity index is 1770. The number of hydrogen-bond acceptors (Lipinski definition) is 5. The first-order chi connectivity index (χ1) is 22.5. The summed E-state index contributed by atoms with van der Waals surface area (Å²) in [4.78, 5) is 27.8. The van der Waals surface area contributed by atoms with E-state index < -0.39 is 12.0 Å². The first-order valence-corrected chi connectivity index (χ1v) is 15.8. The smallest absolute Gasteiger partial charge is 0.326 e. The fraction of sp³-hybridized carbons (Fsp3) is 0.200. The zero-order valence-electron chi connectivity index (χ0n) is 25.8. The van der Waals surface area contributed by atoms with Crippen molar-refractivity contribution >= 4 is 23.1 Å². The van der Waals surface area contributed by atoms with Crippen molar-refractivity contribution < 1.29 is 19.4 Å². The molecule has 5 aromatic rings. The van der Waals surface area contributed by atoms with Gasteiger partial charge in [0, 0.05) is 35.5 Å². The molecule has 0 heterocycles. The minimum Gasteiger partial charge on any atom is -0.492 e. The van der Waals surface area contributed by atoms with E-state index in [1.807, 2.05) is 48.5 Å². The summed E-state index contributed by atoms with van der Waals surface area (Å²) in [6, 6.07) is 40.0. The molecule has 1 aliphatic carbocycles. The minimum atomic E-state index is -0.993. The summed E-state index contributed by atoms with van der Waals surface area (Å²) in [6.45, 7) is 2.03. The maximum atomic E-state index is 13.2. The lowest BCUT2D eigenvalue weighted by atomic mass is 10.00. The number of aliphatic carboxylic acids is 1. The number of carbonyl (C=O) groups excluding carboxylic acids is 1. The normalized spacial score (nSPS) is 12.6. The number of carbonyl (C=O) groups is 2. The molecule has 0 radical (unpaired) electrons. The number of aryl methyl sites for hydroxylation is 2. The van der Waals surface area contributed by atoms with Gasteiger partial charge in [-0.15, -0.1) is 0 Å². The highest BCUT2D eigenvalue weighted by Gasteiger charge is 2.21. The minimum absolute atomic E-state index is 0.159. The molecule has 0 bridgehead atoms. The van der Waals surface area contributed by atoms with Crippen LogP contribution in [0.15, 0.2) is 127 Å². The number of para-hydroxylation sites is 1. The number of ether oxygens (including phenoxy) is 1. The van der Waals surface area contributed by atoms with Crippen LogP contribution < -0.4 is 15.0 Å². The molecule has 0 unspecified atom stereocenters. The lowest BCUT2D eigenvalue weighted by Gasteiger charge is -2.26.